The average Bonchev–Trinajstić information content (AvgIpc) is 3.20. The highest BCUT2D eigenvalue weighted by Crippen LogP contribution is 2.15. The molecule has 0 atom stereocenters. The topological polar surface area (TPSA) is 91.2 Å². The zero-order valence-corrected chi connectivity index (χ0v) is 18.4. The van der Waals surface area contributed by atoms with Crippen LogP contribution < -0.4 is 10.6 Å². The van der Waals surface area contributed by atoms with Gasteiger partial charge in [-0.3, -0.25) is 9.59 Å². The van der Waals surface area contributed by atoms with Crippen molar-refractivity contribution in [1.29, 1.82) is 0 Å². The summed E-state index contributed by atoms with van der Waals surface area (Å²) in [5.41, 5.74) is 4.07. The first kappa shape index (κ1) is 23.6. The van der Waals surface area contributed by atoms with E-state index in [-0.39, 0.29) is 23.9 Å². The van der Waals surface area contributed by atoms with Crippen LogP contribution in [0, 0.1) is 6.57 Å². The fourth-order valence-corrected chi connectivity index (χ4v) is 2.86. The molecule has 2 aromatic carbocycles. The minimum absolute atomic E-state index is 0.0542. The lowest BCUT2D eigenvalue weighted by atomic mass is 10.1. The number of hydrogen-bond acceptors (Lipinski definition) is 3. The third-order valence-corrected chi connectivity index (χ3v) is 4.23. The molecule has 0 saturated heterocycles. The van der Waals surface area contributed by atoms with Gasteiger partial charge in [0, 0.05) is 24.1 Å². The number of amides is 2. The Labute approximate surface area is 183 Å². The summed E-state index contributed by atoms with van der Waals surface area (Å²) in [5, 5.41) is 5.68. The SMILES string of the molecule is CC(C)NC(=O)c1ccc2nc[nH]c2c1.[C-]#[N+]c1cccc(CCC(=O)NC(C)C)c1. The number of nitrogens with one attached hydrogen (secondary N) is 3. The number of H-pyrrole nitrogens is 1. The van der Waals surface area contributed by atoms with Crippen LogP contribution >= 0.6 is 0 Å². The van der Waals surface area contributed by atoms with E-state index in [0.29, 0.717) is 24.1 Å². The molecule has 0 unspecified atom stereocenters. The van der Waals surface area contributed by atoms with Gasteiger partial charge in [-0.1, -0.05) is 29.8 Å². The van der Waals surface area contributed by atoms with Gasteiger partial charge in [-0.15, -0.1) is 0 Å². The highest BCUT2D eigenvalue weighted by atomic mass is 16.2. The maximum atomic E-state index is 11.7. The second-order valence-corrected chi connectivity index (χ2v) is 7.77. The predicted molar refractivity (Wildman–Crippen MR) is 123 cm³/mol. The molecule has 0 saturated carbocycles. The Morgan fingerprint density at radius 1 is 1.06 bits per heavy atom. The number of rotatable bonds is 6. The van der Waals surface area contributed by atoms with Crippen LogP contribution in [0.3, 0.4) is 0 Å². The fraction of sp³-hybridized carbons (Fsp3) is 0.333. The maximum Gasteiger partial charge on any atom is 0.251 e. The van der Waals surface area contributed by atoms with E-state index >= 15 is 0 Å². The van der Waals surface area contributed by atoms with Crippen LogP contribution in [-0.4, -0.2) is 33.9 Å². The Hall–Kier alpha value is -3.66. The van der Waals surface area contributed by atoms with Crippen molar-refractivity contribution in [2.45, 2.75) is 52.6 Å². The van der Waals surface area contributed by atoms with Gasteiger partial charge in [0.05, 0.1) is 23.9 Å². The number of carbonyl (C=O) groups excluding carboxylic acids is 2. The van der Waals surface area contributed by atoms with Crippen molar-refractivity contribution in [2.75, 3.05) is 0 Å². The van der Waals surface area contributed by atoms with Crippen molar-refractivity contribution in [3.63, 3.8) is 0 Å². The van der Waals surface area contributed by atoms with E-state index in [1.54, 1.807) is 24.5 Å². The van der Waals surface area contributed by atoms with Gasteiger partial charge in [0.25, 0.3) is 5.91 Å². The number of aromatic amines is 1. The van der Waals surface area contributed by atoms with Crippen molar-refractivity contribution in [3.8, 4) is 0 Å². The lowest BCUT2D eigenvalue weighted by molar-refractivity contribution is -0.121. The Balaban J connectivity index is 0.000000220. The van der Waals surface area contributed by atoms with E-state index in [1.165, 1.54) is 0 Å². The Morgan fingerprint density at radius 3 is 2.48 bits per heavy atom. The minimum Gasteiger partial charge on any atom is -0.354 e. The first-order valence-corrected chi connectivity index (χ1v) is 10.3. The van der Waals surface area contributed by atoms with E-state index < -0.39 is 0 Å². The summed E-state index contributed by atoms with van der Waals surface area (Å²) >= 11 is 0. The van der Waals surface area contributed by atoms with Gasteiger partial charge in [0.15, 0.2) is 5.69 Å². The summed E-state index contributed by atoms with van der Waals surface area (Å²) < 4.78 is 0. The Kier molecular flexibility index (Phi) is 8.77. The summed E-state index contributed by atoms with van der Waals surface area (Å²) in [4.78, 5) is 33.5. The van der Waals surface area contributed by atoms with Crippen LogP contribution in [0.15, 0.2) is 48.8 Å². The van der Waals surface area contributed by atoms with Gasteiger partial charge in [0.2, 0.25) is 5.91 Å². The second kappa shape index (κ2) is 11.5. The average molecular weight is 420 g/mol. The molecule has 1 aromatic heterocycles. The van der Waals surface area contributed by atoms with Crippen LogP contribution in [0.5, 0.6) is 0 Å². The molecule has 0 fully saturated rings. The molecule has 0 spiro atoms. The summed E-state index contributed by atoms with van der Waals surface area (Å²) in [5.74, 6) is 0.00437. The summed E-state index contributed by atoms with van der Waals surface area (Å²) in [6, 6.07) is 13.1. The second-order valence-electron chi connectivity index (χ2n) is 7.77. The van der Waals surface area contributed by atoms with Crippen LogP contribution in [-0.2, 0) is 11.2 Å². The zero-order valence-electron chi connectivity index (χ0n) is 18.4. The molecule has 3 rings (SSSR count). The molecule has 1 heterocycles. The third-order valence-electron chi connectivity index (χ3n) is 4.23. The highest BCUT2D eigenvalue weighted by Gasteiger charge is 2.08. The molecular formula is C24H29N5O2. The largest absolute Gasteiger partial charge is 0.354 e. The lowest BCUT2D eigenvalue weighted by Gasteiger charge is -2.08. The van der Waals surface area contributed by atoms with E-state index in [1.807, 2.05) is 52.0 Å². The number of carbonyl (C=O) groups is 2. The molecule has 7 nitrogen and oxygen atoms in total. The highest BCUT2D eigenvalue weighted by molar-refractivity contribution is 5.97. The summed E-state index contributed by atoms with van der Waals surface area (Å²) in [6.07, 6.45) is 2.77. The predicted octanol–water partition coefficient (Wildman–Crippen LogP) is 4.40. The van der Waals surface area contributed by atoms with Gasteiger partial charge in [-0.05, 0) is 52.3 Å². The summed E-state index contributed by atoms with van der Waals surface area (Å²) in [6.45, 7) is 14.7. The Bertz CT molecular complexity index is 1060. The normalized spacial score (nSPS) is 10.4. The lowest BCUT2D eigenvalue weighted by Crippen LogP contribution is -2.30. The van der Waals surface area contributed by atoms with Gasteiger partial charge in [-0.2, -0.15) is 0 Å². The first-order chi connectivity index (χ1) is 14.8. The molecule has 7 heteroatoms. The van der Waals surface area contributed by atoms with Crippen LogP contribution in [0.25, 0.3) is 15.9 Å². The van der Waals surface area contributed by atoms with Crippen LogP contribution in [0.2, 0.25) is 0 Å². The first-order valence-electron chi connectivity index (χ1n) is 10.3. The van der Waals surface area contributed by atoms with Crippen molar-refractivity contribution < 1.29 is 9.59 Å². The molecule has 3 N–H and O–H groups in total. The van der Waals surface area contributed by atoms with E-state index in [4.69, 9.17) is 6.57 Å². The van der Waals surface area contributed by atoms with Crippen LogP contribution in [0.1, 0.15) is 50.0 Å². The number of nitrogens with zero attached hydrogens (tertiary/aromatic N) is 2. The molecule has 0 aliphatic carbocycles. The zero-order chi connectivity index (χ0) is 22.8. The van der Waals surface area contributed by atoms with Gasteiger partial charge >= 0.3 is 0 Å². The molecule has 0 bridgehead atoms. The van der Waals surface area contributed by atoms with Gasteiger partial charge in [-0.25, -0.2) is 9.83 Å². The van der Waals surface area contributed by atoms with E-state index in [9.17, 15) is 9.59 Å². The molecule has 162 valence electrons. The molecule has 0 radical (unpaired) electrons. The Morgan fingerprint density at radius 2 is 1.81 bits per heavy atom. The number of aromatic nitrogens is 2. The molecular weight excluding hydrogens is 390 g/mol. The quantitative estimate of drug-likeness (QED) is 0.517. The van der Waals surface area contributed by atoms with Crippen molar-refractivity contribution in [1.82, 2.24) is 20.6 Å². The van der Waals surface area contributed by atoms with Crippen molar-refractivity contribution in [3.05, 3.63) is 71.3 Å². The van der Waals surface area contributed by atoms with Gasteiger partial charge < -0.3 is 15.6 Å². The standard InChI is InChI=1S/C13H16N2O.C11H13N3O/c1-10(2)15-13(16)8-7-11-5-4-6-12(9-11)14-3;1-7(2)14-11(15)8-3-4-9-10(5-8)13-6-12-9/h4-6,9-10H,7-8H2,1-2H3,(H,15,16);3-7H,1-2H3,(H,12,13)(H,14,15). The van der Waals surface area contributed by atoms with Crippen LogP contribution in [0.4, 0.5) is 5.69 Å². The van der Waals surface area contributed by atoms with Crippen molar-refractivity contribution in [2.24, 2.45) is 0 Å². The molecule has 31 heavy (non-hydrogen) atoms. The fourth-order valence-electron chi connectivity index (χ4n) is 2.86. The molecule has 0 aliphatic rings. The molecule has 0 aliphatic heterocycles. The number of hydrogen-bond donors (Lipinski definition) is 3. The maximum absolute atomic E-state index is 11.7. The monoisotopic (exact) mass is 419 g/mol. The van der Waals surface area contributed by atoms with Crippen molar-refractivity contribution >= 4 is 28.5 Å². The number of benzene rings is 2. The number of fused-ring (bicyclic) bond motifs is 1. The smallest absolute Gasteiger partial charge is 0.251 e. The number of aryl methyl sites for hydroxylation is 1. The third kappa shape index (κ3) is 7.94. The molecule has 2 amide bonds. The van der Waals surface area contributed by atoms with E-state index in [0.717, 1.165) is 16.6 Å². The number of imidazole rings is 1. The minimum atomic E-state index is -0.0542. The van der Waals surface area contributed by atoms with Gasteiger partial charge in [0.1, 0.15) is 0 Å². The summed E-state index contributed by atoms with van der Waals surface area (Å²) in [7, 11) is 0. The molecule has 3 aromatic rings. The van der Waals surface area contributed by atoms with E-state index in [2.05, 4.69) is 25.4 Å².